The number of nitrogens with zero attached hydrogens (tertiary/aromatic N) is 1. The molecule has 12 heavy (non-hydrogen) atoms. The lowest BCUT2D eigenvalue weighted by atomic mass is 10.3. The molecule has 4 heteroatoms. The molecule has 3 nitrogen and oxygen atoms in total. The second kappa shape index (κ2) is 2.48. The number of hydrogen-bond donors (Lipinski definition) is 1. The lowest BCUT2D eigenvalue weighted by Gasteiger charge is -1.94. The Balaban J connectivity index is 2.89. The van der Waals surface area contributed by atoms with Crippen molar-refractivity contribution in [1.82, 2.24) is 4.98 Å². The fraction of sp³-hybridized carbons (Fsp3) is 0.125. The summed E-state index contributed by atoms with van der Waals surface area (Å²) in [6.07, 6.45) is 0. The summed E-state index contributed by atoms with van der Waals surface area (Å²) in [6, 6.07) is 3.52. The van der Waals surface area contributed by atoms with Crippen LogP contribution in [-0.4, -0.2) is 10.1 Å². The summed E-state index contributed by atoms with van der Waals surface area (Å²) < 4.78 is 5.81. The van der Waals surface area contributed by atoms with Crippen molar-refractivity contribution in [3.8, 4) is 5.75 Å². The Morgan fingerprint density at radius 2 is 2.25 bits per heavy atom. The Morgan fingerprint density at radius 3 is 3.00 bits per heavy atom. The summed E-state index contributed by atoms with van der Waals surface area (Å²) in [5, 5.41) is 9.49. The molecular formula is C8H6BrNO2. The van der Waals surface area contributed by atoms with Gasteiger partial charge in [-0.2, -0.15) is 0 Å². The molecule has 0 aliphatic carbocycles. The van der Waals surface area contributed by atoms with Crippen molar-refractivity contribution in [1.29, 1.82) is 0 Å². The summed E-state index contributed by atoms with van der Waals surface area (Å²) in [5.41, 5.74) is 1.11. The van der Waals surface area contributed by atoms with E-state index < -0.39 is 0 Å². The molecule has 0 saturated heterocycles. The van der Waals surface area contributed by atoms with E-state index in [2.05, 4.69) is 20.9 Å². The van der Waals surface area contributed by atoms with E-state index in [0.717, 1.165) is 0 Å². The monoisotopic (exact) mass is 227 g/mol. The van der Waals surface area contributed by atoms with Gasteiger partial charge in [-0.05, 0) is 28.1 Å². The van der Waals surface area contributed by atoms with E-state index in [-0.39, 0.29) is 5.75 Å². The van der Waals surface area contributed by atoms with Gasteiger partial charge in [0.1, 0.15) is 5.52 Å². The zero-order chi connectivity index (χ0) is 8.72. The Morgan fingerprint density at radius 1 is 1.50 bits per heavy atom. The largest absolute Gasteiger partial charge is 0.503 e. The van der Waals surface area contributed by atoms with Crippen molar-refractivity contribution in [3.05, 3.63) is 22.5 Å². The number of aromatic nitrogens is 1. The zero-order valence-corrected chi connectivity index (χ0v) is 7.92. The third kappa shape index (κ3) is 0.992. The van der Waals surface area contributed by atoms with Gasteiger partial charge in [-0.1, -0.05) is 0 Å². The molecule has 0 aliphatic rings. The Kier molecular flexibility index (Phi) is 1.58. The van der Waals surface area contributed by atoms with E-state index in [9.17, 15) is 5.11 Å². The van der Waals surface area contributed by atoms with Crippen LogP contribution in [0.4, 0.5) is 0 Å². The summed E-state index contributed by atoms with van der Waals surface area (Å²) in [4.78, 5) is 4.07. The Labute approximate surface area is 77.2 Å². The quantitative estimate of drug-likeness (QED) is 0.753. The fourth-order valence-corrected chi connectivity index (χ4v) is 1.38. The molecule has 1 N–H and O–H groups in total. The molecule has 2 aromatic rings. The van der Waals surface area contributed by atoms with Crippen LogP contribution >= 0.6 is 15.9 Å². The van der Waals surface area contributed by atoms with Crippen molar-refractivity contribution in [3.63, 3.8) is 0 Å². The van der Waals surface area contributed by atoms with Gasteiger partial charge in [0.25, 0.3) is 0 Å². The molecule has 0 atom stereocenters. The highest BCUT2D eigenvalue weighted by Gasteiger charge is 2.09. The van der Waals surface area contributed by atoms with Gasteiger partial charge in [-0.25, -0.2) is 4.98 Å². The van der Waals surface area contributed by atoms with E-state index in [0.29, 0.717) is 21.5 Å². The van der Waals surface area contributed by atoms with Crippen LogP contribution in [-0.2, 0) is 0 Å². The van der Waals surface area contributed by atoms with E-state index in [1.165, 1.54) is 0 Å². The molecule has 0 saturated carbocycles. The zero-order valence-electron chi connectivity index (χ0n) is 6.34. The van der Waals surface area contributed by atoms with Crippen molar-refractivity contribution in [2.75, 3.05) is 0 Å². The minimum absolute atomic E-state index is 0.105. The number of aryl methyl sites for hydroxylation is 1. The molecule has 1 aromatic carbocycles. The van der Waals surface area contributed by atoms with Crippen LogP contribution in [0.3, 0.4) is 0 Å². The maximum atomic E-state index is 9.49. The van der Waals surface area contributed by atoms with Crippen LogP contribution in [0.1, 0.15) is 5.89 Å². The van der Waals surface area contributed by atoms with Gasteiger partial charge in [0.05, 0.1) is 4.47 Å². The average Bonchev–Trinajstić information content (AvgIpc) is 2.39. The topological polar surface area (TPSA) is 46.3 Å². The maximum Gasteiger partial charge on any atom is 0.197 e. The first-order chi connectivity index (χ1) is 5.68. The minimum atomic E-state index is 0.105. The maximum absolute atomic E-state index is 9.49. The normalized spacial score (nSPS) is 10.8. The lowest BCUT2D eigenvalue weighted by Crippen LogP contribution is -1.70. The molecule has 0 unspecified atom stereocenters. The molecule has 0 aliphatic heterocycles. The van der Waals surface area contributed by atoms with Gasteiger partial charge in [0.2, 0.25) is 0 Å². The average molecular weight is 228 g/mol. The number of aromatic hydroxyl groups is 1. The van der Waals surface area contributed by atoms with Crippen molar-refractivity contribution in [2.45, 2.75) is 6.92 Å². The van der Waals surface area contributed by atoms with Crippen LogP contribution in [0.25, 0.3) is 11.1 Å². The third-order valence-electron chi connectivity index (χ3n) is 1.59. The molecule has 0 amide bonds. The summed E-state index contributed by atoms with van der Waals surface area (Å²) in [5.74, 6) is 0.659. The number of rotatable bonds is 0. The number of oxazole rings is 1. The van der Waals surface area contributed by atoms with Gasteiger partial charge < -0.3 is 9.52 Å². The first-order valence-electron chi connectivity index (χ1n) is 3.43. The lowest BCUT2D eigenvalue weighted by molar-refractivity contribution is 0.457. The summed E-state index contributed by atoms with van der Waals surface area (Å²) in [7, 11) is 0. The number of phenolic OH excluding ortho intramolecular Hbond substituents is 1. The van der Waals surface area contributed by atoms with Crippen LogP contribution in [0.2, 0.25) is 0 Å². The van der Waals surface area contributed by atoms with Crippen LogP contribution < -0.4 is 0 Å². The Bertz CT molecular complexity index is 436. The Hall–Kier alpha value is -1.03. The molecule has 2 rings (SSSR count). The third-order valence-corrected chi connectivity index (χ3v) is 2.23. The molecule has 0 bridgehead atoms. The van der Waals surface area contributed by atoms with Gasteiger partial charge in [0.15, 0.2) is 17.2 Å². The van der Waals surface area contributed by atoms with E-state index in [4.69, 9.17) is 4.42 Å². The highest BCUT2D eigenvalue weighted by atomic mass is 79.9. The van der Waals surface area contributed by atoms with Crippen LogP contribution in [0, 0.1) is 6.92 Å². The van der Waals surface area contributed by atoms with E-state index >= 15 is 0 Å². The van der Waals surface area contributed by atoms with Gasteiger partial charge >= 0.3 is 0 Å². The van der Waals surface area contributed by atoms with Crippen molar-refractivity contribution < 1.29 is 9.52 Å². The summed E-state index contributed by atoms with van der Waals surface area (Å²) in [6.45, 7) is 1.74. The second-order valence-electron chi connectivity index (χ2n) is 2.48. The van der Waals surface area contributed by atoms with Gasteiger partial charge in [-0.3, -0.25) is 0 Å². The molecule has 0 spiro atoms. The standard InChI is InChI=1S/C8H6BrNO2/c1-4-10-6-3-2-5(9)7(11)8(6)12-4/h2-3,11H,1H3. The van der Waals surface area contributed by atoms with Crippen molar-refractivity contribution >= 4 is 27.0 Å². The number of hydrogen-bond acceptors (Lipinski definition) is 3. The number of phenols is 1. The highest BCUT2D eigenvalue weighted by Crippen LogP contribution is 2.32. The first-order valence-corrected chi connectivity index (χ1v) is 4.22. The van der Waals surface area contributed by atoms with E-state index in [1.54, 1.807) is 19.1 Å². The van der Waals surface area contributed by atoms with Gasteiger partial charge in [-0.15, -0.1) is 0 Å². The minimum Gasteiger partial charge on any atom is -0.503 e. The first kappa shape index (κ1) is 7.61. The fourth-order valence-electron chi connectivity index (χ4n) is 1.07. The van der Waals surface area contributed by atoms with Crippen molar-refractivity contribution in [2.24, 2.45) is 0 Å². The SMILES string of the molecule is Cc1nc2ccc(Br)c(O)c2o1. The molecular weight excluding hydrogens is 222 g/mol. The molecule has 1 aromatic heterocycles. The van der Waals surface area contributed by atoms with Crippen LogP contribution in [0.15, 0.2) is 21.0 Å². The number of fused-ring (bicyclic) bond motifs is 1. The molecule has 0 radical (unpaired) electrons. The predicted octanol–water partition coefficient (Wildman–Crippen LogP) is 2.60. The molecule has 62 valence electrons. The second-order valence-corrected chi connectivity index (χ2v) is 3.33. The van der Waals surface area contributed by atoms with Gasteiger partial charge in [0, 0.05) is 6.92 Å². The number of halogens is 1. The number of benzene rings is 1. The van der Waals surface area contributed by atoms with E-state index in [1.807, 2.05) is 0 Å². The van der Waals surface area contributed by atoms with Crippen LogP contribution in [0.5, 0.6) is 5.75 Å². The molecule has 0 fully saturated rings. The highest BCUT2D eigenvalue weighted by molar-refractivity contribution is 9.10. The summed E-state index contributed by atoms with van der Waals surface area (Å²) >= 11 is 3.19. The molecule has 1 heterocycles. The predicted molar refractivity (Wildman–Crippen MR) is 48.1 cm³/mol. The smallest absolute Gasteiger partial charge is 0.197 e.